The van der Waals surface area contributed by atoms with Gasteiger partial charge >= 0.3 is 6.18 Å². The van der Waals surface area contributed by atoms with E-state index in [9.17, 15) is 18.0 Å². The van der Waals surface area contributed by atoms with Crippen LogP contribution in [0, 0.1) is 6.92 Å². The van der Waals surface area contributed by atoms with Gasteiger partial charge in [0, 0.05) is 10.9 Å². The van der Waals surface area contributed by atoms with Crippen LogP contribution in [0.2, 0.25) is 0 Å². The summed E-state index contributed by atoms with van der Waals surface area (Å²) in [7, 11) is -0.462. The number of hydrogen-bond acceptors (Lipinski definition) is 3. The maximum Gasteiger partial charge on any atom is 0.416 e. The van der Waals surface area contributed by atoms with Gasteiger partial charge in [-0.3, -0.25) is 4.79 Å². The third-order valence-corrected chi connectivity index (χ3v) is 3.27. The zero-order valence-corrected chi connectivity index (χ0v) is 10.9. The topological polar surface area (TPSA) is 55.1 Å². The molecule has 0 unspecified atom stereocenters. The number of hydrogen-bond donors (Lipinski definition) is 1. The van der Waals surface area contributed by atoms with Crippen molar-refractivity contribution in [2.45, 2.75) is 13.1 Å². The lowest BCUT2D eigenvalue weighted by molar-refractivity contribution is -0.137. The number of carbonyl (C=O) groups excluding carboxylic acids is 1. The van der Waals surface area contributed by atoms with E-state index in [2.05, 4.69) is 10.5 Å². The number of nitrogens with one attached hydrogen (secondary N) is 1. The second-order valence-electron chi connectivity index (χ2n) is 3.88. The minimum absolute atomic E-state index is 0.190. The molecule has 0 atom stereocenters. The highest BCUT2D eigenvalue weighted by atomic mass is 28.2. The third kappa shape index (κ3) is 3.08. The van der Waals surface area contributed by atoms with E-state index in [-0.39, 0.29) is 11.4 Å². The summed E-state index contributed by atoms with van der Waals surface area (Å²) in [5, 5.41) is 6.82. The smallest absolute Gasteiger partial charge is 0.416 e. The number of rotatable bonds is 2. The molecule has 0 bridgehead atoms. The van der Waals surface area contributed by atoms with E-state index >= 15 is 0 Å². The van der Waals surface area contributed by atoms with Crippen LogP contribution in [0.25, 0.3) is 0 Å². The number of amides is 1. The molecule has 1 amide bonds. The summed E-state index contributed by atoms with van der Waals surface area (Å²) in [6, 6.07) is 4.20. The zero-order valence-electron chi connectivity index (χ0n) is 9.78. The molecule has 0 aliphatic rings. The minimum Gasteiger partial charge on any atom is -0.430 e. The van der Waals surface area contributed by atoms with Gasteiger partial charge in [0.15, 0.2) is 5.69 Å². The van der Waals surface area contributed by atoms with Crippen molar-refractivity contribution in [1.82, 2.24) is 5.16 Å². The van der Waals surface area contributed by atoms with Crippen LogP contribution in [0.5, 0.6) is 0 Å². The Morgan fingerprint density at radius 2 is 1.95 bits per heavy atom. The van der Waals surface area contributed by atoms with Gasteiger partial charge in [0.25, 0.3) is 15.3 Å². The first-order valence-electron chi connectivity index (χ1n) is 5.27. The Hall–Kier alpha value is -1.96. The van der Waals surface area contributed by atoms with Gasteiger partial charge in [-0.15, -0.1) is 0 Å². The molecule has 4 nitrogen and oxygen atoms in total. The molecule has 8 heteroatoms. The lowest BCUT2D eigenvalue weighted by Gasteiger charge is -2.08. The summed E-state index contributed by atoms with van der Waals surface area (Å²) in [6.07, 6.45) is -4.39. The normalized spacial score (nSPS) is 11.4. The maximum atomic E-state index is 12.4. The van der Waals surface area contributed by atoms with E-state index in [0.29, 0.717) is 0 Å². The first kappa shape index (κ1) is 13.5. The molecule has 0 saturated carbocycles. The van der Waals surface area contributed by atoms with Crippen molar-refractivity contribution in [2.24, 2.45) is 0 Å². The molecule has 1 aromatic heterocycles. The van der Waals surface area contributed by atoms with Gasteiger partial charge in [0.1, 0.15) is 0 Å². The molecular weight excluding hydrogens is 277 g/mol. The quantitative estimate of drug-likeness (QED) is 0.862. The summed E-state index contributed by atoms with van der Waals surface area (Å²) in [4.78, 5) is 11.8. The van der Waals surface area contributed by atoms with Crippen molar-refractivity contribution in [3.05, 3.63) is 40.7 Å². The number of alkyl halides is 3. The minimum atomic E-state index is -4.39. The van der Waals surface area contributed by atoms with E-state index in [0.717, 1.165) is 17.3 Å². The lowest BCUT2D eigenvalue weighted by atomic mass is 10.2. The van der Waals surface area contributed by atoms with Gasteiger partial charge in [-0.25, -0.2) is 0 Å². The highest BCUT2D eigenvalue weighted by Gasteiger charge is 2.30. The van der Waals surface area contributed by atoms with Gasteiger partial charge in [-0.2, -0.15) is 13.2 Å². The molecule has 1 aromatic carbocycles. The Bertz CT molecular complexity index is 593. The van der Waals surface area contributed by atoms with E-state index in [4.69, 9.17) is 4.20 Å². The highest BCUT2D eigenvalue weighted by Crippen LogP contribution is 2.29. The lowest BCUT2D eigenvalue weighted by Crippen LogP contribution is -2.14. The molecule has 0 spiro atoms. The molecule has 0 fully saturated rings. The van der Waals surface area contributed by atoms with E-state index in [1.54, 1.807) is 6.92 Å². The summed E-state index contributed by atoms with van der Waals surface area (Å²) in [5.74, 6) is -0.484. The van der Waals surface area contributed by atoms with Crippen molar-refractivity contribution >= 4 is 21.0 Å². The molecule has 2 aromatic rings. The number of aromatic nitrogens is 1. The fourth-order valence-electron chi connectivity index (χ4n) is 1.44. The van der Waals surface area contributed by atoms with Crippen molar-refractivity contribution in [1.29, 1.82) is 0 Å². The van der Waals surface area contributed by atoms with Crippen molar-refractivity contribution in [3.8, 4) is 0 Å². The zero-order chi connectivity index (χ0) is 14.0. The van der Waals surface area contributed by atoms with Crippen LogP contribution in [-0.4, -0.2) is 20.4 Å². The predicted octanol–water partition coefficient (Wildman–Crippen LogP) is 2.32. The Kier molecular flexibility index (Phi) is 3.52. The van der Waals surface area contributed by atoms with Crippen LogP contribution in [0.15, 0.2) is 28.5 Å². The van der Waals surface area contributed by atoms with Crippen LogP contribution in [0.1, 0.15) is 21.2 Å². The first-order chi connectivity index (χ1) is 8.88. The van der Waals surface area contributed by atoms with Gasteiger partial charge in [-0.05, 0) is 31.2 Å². The Labute approximate surface area is 108 Å². The number of anilines is 1. The van der Waals surface area contributed by atoms with Crippen LogP contribution >= 0.6 is 0 Å². The molecule has 100 valence electrons. The average molecular weight is 286 g/mol. The van der Waals surface area contributed by atoms with Crippen LogP contribution in [0.3, 0.4) is 0 Å². The fourth-order valence-corrected chi connectivity index (χ4v) is 2.05. The van der Waals surface area contributed by atoms with Crippen molar-refractivity contribution in [2.75, 3.05) is 5.32 Å². The summed E-state index contributed by atoms with van der Waals surface area (Å²) in [5.41, 5.74) is -0.301. The van der Waals surface area contributed by atoms with Crippen LogP contribution in [-0.2, 0) is 6.18 Å². The Balaban J connectivity index is 2.12. The highest BCUT2D eigenvalue weighted by molar-refractivity contribution is 6.25. The maximum absolute atomic E-state index is 12.4. The Morgan fingerprint density at radius 3 is 2.42 bits per heavy atom. The van der Waals surface area contributed by atoms with Crippen LogP contribution in [0.4, 0.5) is 18.9 Å². The molecule has 1 N–H and O–H groups in total. The predicted molar refractivity (Wildman–Crippen MR) is 63.4 cm³/mol. The van der Waals surface area contributed by atoms with Crippen molar-refractivity contribution in [3.63, 3.8) is 0 Å². The largest absolute Gasteiger partial charge is 0.430 e. The number of carbonyl (C=O) groups is 1. The number of halogens is 3. The number of aryl methyl sites for hydroxylation is 1. The summed E-state index contributed by atoms with van der Waals surface area (Å²) < 4.78 is 41.9. The molecule has 0 aliphatic carbocycles. The van der Waals surface area contributed by atoms with Gasteiger partial charge in [0.05, 0.1) is 5.56 Å². The van der Waals surface area contributed by atoms with Gasteiger partial charge < -0.3 is 9.52 Å². The Morgan fingerprint density at radius 1 is 1.32 bits per heavy atom. The average Bonchev–Trinajstić information content (AvgIpc) is 2.75. The van der Waals surface area contributed by atoms with Crippen molar-refractivity contribution < 1.29 is 22.2 Å². The molecule has 1 heterocycles. The first-order valence-corrected chi connectivity index (χ1v) is 6.32. The van der Waals surface area contributed by atoms with E-state index in [1.165, 1.54) is 12.1 Å². The molecule has 19 heavy (non-hydrogen) atoms. The monoisotopic (exact) mass is 286 g/mol. The molecule has 2 rings (SSSR count). The van der Waals surface area contributed by atoms with E-state index < -0.39 is 27.0 Å². The summed E-state index contributed by atoms with van der Waals surface area (Å²) >= 11 is 0. The number of nitrogens with zero attached hydrogens (tertiary/aromatic N) is 1. The van der Waals surface area contributed by atoms with Gasteiger partial charge in [-0.1, -0.05) is 5.16 Å². The number of benzene rings is 1. The third-order valence-electron chi connectivity index (χ3n) is 2.43. The second-order valence-corrected chi connectivity index (χ2v) is 5.19. The summed E-state index contributed by atoms with van der Waals surface area (Å²) in [6.45, 7) is 1.73. The molecule has 0 aliphatic heterocycles. The standard InChI is InChI=1S/C11H9F3N2O2Si/c1-6-9(16-18-19-6)10(17)15-8-4-2-7(3-5-8)11(12,13)14/h2-5,19H,1H3,(H,15,17). The second kappa shape index (κ2) is 4.96. The SMILES string of the molecule is Cc1[siH]onc1C(=O)Nc1ccc(C(F)(F)F)cc1. The van der Waals surface area contributed by atoms with Crippen LogP contribution < -0.4 is 5.32 Å². The molecular formula is C11H9F3N2O2Si. The fraction of sp³-hybridized carbons (Fsp3) is 0.182. The molecule has 0 radical (unpaired) electrons. The van der Waals surface area contributed by atoms with E-state index in [1.807, 2.05) is 0 Å². The van der Waals surface area contributed by atoms with Gasteiger partial charge in [0.2, 0.25) is 0 Å². The molecule has 0 saturated heterocycles.